The van der Waals surface area contributed by atoms with Crippen LogP contribution in [-0.2, 0) is 16.0 Å². The highest BCUT2D eigenvalue weighted by atomic mass is 19.1. The number of hydrogen-bond donors (Lipinski definition) is 2. The molecule has 0 radical (unpaired) electrons. The van der Waals surface area contributed by atoms with Crippen LogP contribution in [-0.4, -0.2) is 72.9 Å². The normalized spacial score (nSPS) is 16.4. The zero-order valence-corrected chi connectivity index (χ0v) is 19.1. The first-order valence-electron chi connectivity index (χ1n) is 10.8. The molecule has 178 valence electrons. The molecule has 10 heteroatoms. The number of hydrogen-bond acceptors (Lipinski definition) is 6. The number of pyridine rings is 1. The minimum Gasteiger partial charge on any atom is -0.450 e. The minimum absolute atomic E-state index is 0.0867. The summed E-state index contributed by atoms with van der Waals surface area (Å²) >= 11 is 0. The maximum absolute atomic E-state index is 14.3. The zero-order valence-electron chi connectivity index (χ0n) is 19.1. The molecule has 1 aromatic carbocycles. The van der Waals surface area contributed by atoms with Gasteiger partial charge in [-0.3, -0.25) is 9.88 Å². The maximum atomic E-state index is 14.3. The zero-order chi connectivity index (χ0) is 23.8. The summed E-state index contributed by atoms with van der Waals surface area (Å²) in [6.07, 6.45) is 1.19. The van der Waals surface area contributed by atoms with Crippen molar-refractivity contribution < 1.29 is 23.5 Å². The molecular weight excluding hydrogens is 429 g/mol. The SMILES string of the molecule is CCOC(=O)N1CCN(Cc2ccc(F)c(NC(=O)Nc3ccc(C)nc3)c2)C[C@@H]1COC. The van der Waals surface area contributed by atoms with Crippen LogP contribution in [0.1, 0.15) is 18.2 Å². The number of carbonyl (C=O) groups excluding carboxylic acids is 2. The molecule has 9 nitrogen and oxygen atoms in total. The van der Waals surface area contributed by atoms with Gasteiger partial charge in [0.1, 0.15) is 5.82 Å². The van der Waals surface area contributed by atoms with E-state index in [2.05, 4.69) is 20.5 Å². The number of nitrogens with zero attached hydrogens (tertiary/aromatic N) is 3. The van der Waals surface area contributed by atoms with Crippen LogP contribution in [0.2, 0.25) is 0 Å². The summed E-state index contributed by atoms with van der Waals surface area (Å²) in [6, 6.07) is 7.43. The highest BCUT2D eigenvalue weighted by Crippen LogP contribution is 2.20. The van der Waals surface area contributed by atoms with Crippen LogP contribution < -0.4 is 10.6 Å². The summed E-state index contributed by atoms with van der Waals surface area (Å²) in [5.74, 6) is -0.527. The first kappa shape index (κ1) is 24.4. The molecule has 2 N–H and O–H groups in total. The fraction of sp³-hybridized carbons (Fsp3) is 0.435. The van der Waals surface area contributed by atoms with Gasteiger partial charge in [0.25, 0.3) is 0 Å². The van der Waals surface area contributed by atoms with Gasteiger partial charge in [-0.1, -0.05) is 6.07 Å². The summed E-state index contributed by atoms with van der Waals surface area (Å²) in [6.45, 7) is 6.60. The van der Waals surface area contributed by atoms with Gasteiger partial charge in [-0.2, -0.15) is 0 Å². The topological polar surface area (TPSA) is 96.0 Å². The first-order chi connectivity index (χ1) is 15.9. The van der Waals surface area contributed by atoms with Crippen molar-refractivity contribution in [1.82, 2.24) is 14.8 Å². The predicted molar refractivity (Wildman–Crippen MR) is 123 cm³/mol. The number of halogens is 1. The number of urea groups is 1. The van der Waals surface area contributed by atoms with Gasteiger partial charge in [0.2, 0.25) is 0 Å². The van der Waals surface area contributed by atoms with Crippen LogP contribution in [0.15, 0.2) is 36.5 Å². The van der Waals surface area contributed by atoms with E-state index < -0.39 is 11.8 Å². The molecule has 1 aliphatic rings. The second-order valence-electron chi connectivity index (χ2n) is 7.82. The van der Waals surface area contributed by atoms with Gasteiger partial charge in [0.15, 0.2) is 0 Å². The molecule has 0 aliphatic carbocycles. The van der Waals surface area contributed by atoms with Crippen LogP contribution >= 0.6 is 0 Å². The van der Waals surface area contributed by atoms with Gasteiger partial charge < -0.3 is 25.0 Å². The number of aryl methyl sites for hydroxylation is 1. The maximum Gasteiger partial charge on any atom is 0.410 e. The number of carbonyl (C=O) groups is 2. The molecule has 3 rings (SSSR count). The van der Waals surface area contributed by atoms with Gasteiger partial charge in [-0.05, 0) is 43.7 Å². The van der Waals surface area contributed by atoms with Gasteiger partial charge in [0, 0.05) is 39.0 Å². The molecule has 1 aromatic heterocycles. The van der Waals surface area contributed by atoms with Gasteiger partial charge in [-0.15, -0.1) is 0 Å². The van der Waals surface area contributed by atoms with Crippen LogP contribution in [0.4, 0.5) is 25.4 Å². The van der Waals surface area contributed by atoms with Crippen molar-refractivity contribution in [3.8, 4) is 0 Å². The van der Waals surface area contributed by atoms with E-state index in [-0.39, 0.29) is 17.8 Å². The number of aromatic nitrogens is 1. The lowest BCUT2D eigenvalue weighted by Crippen LogP contribution is -2.56. The van der Waals surface area contributed by atoms with E-state index in [0.717, 1.165) is 11.3 Å². The number of ether oxygens (including phenoxy) is 2. The van der Waals surface area contributed by atoms with Crippen molar-refractivity contribution in [2.45, 2.75) is 26.4 Å². The molecule has 3 amide bonds. The summed E-state index contributed by atoms with van der Waals surface area (Å²) in [5, 5.41) is 5.19. The Bertz CT molecular complexity index is 956. The third-order valence-corrected chi connectivity index (χ3v) is 5.28. The Kier molecular flexibility index (Phi) is 8.56. The average Bonchev–Trinajstić information content (AvgIpc) is 2.78. The Morgan fingerprint density at radius 3 is 2.73 bits per heavy atom. The summed E-state index contributed by atoms with van der Waals surface area (Å²) < 4.78 is 24.8. The average molecular weight is 460 g/mol. The molecule has 33 heavy (non-hydrogen) atoms. The molecule has 1 aliphatic heterocycles. The van der Waals surface area contributed by atoms with Crippen molar-refractivity contribution in [3.63, 3.8) is 0 Å². The van der Waals surface area contributed by atoms with E-state index in [1.165, 1.54) is 12.3 Å². The Morgan fingerprint density at radius 2 is 2.03 bits per heavy atom. The molecule has 0 unspecified atom stereocenters. The molecule has 0 spiro atoms. The standard InChI is InChI=1S/C23H30FN5O4/c1-4-33-23(31)29-10-9-28(14-19(29)15-32-3)13-17-6-8-20(24)21(11-17)27-22(30)26-18-7-5-16(2)25-12-18/h5-8,11-12,19H,4,9-10,13-15H2,1-3H3,(H2,26,27,30)/t19-/m1/s1. The lowest BCUT2D eigenvalue weighted by molar-refractivity contribution is 0.0157. The smallest absolute Gasteiger partial charge is 0.410 e. The van der Waals surface area contributed by atoms with Crippen LogP contribution in [0.25, 0.3) is 0 Å². The monoisotopic (exact) mass is 459 g/mol. The number of nitrogens with one attached hydrogen (secondary N) is 2. The highest BCUT2D eigenvalue weighted by Gasteiger charge is 2.31. The highest BCUT2D eigenvalue weighted by molar-refractivity contribution is 5.99. The largest absolute Gasteiger partial charge is 0.450 e. The molecule has 2 aromatic rings. The lowest BCUT2D eigenvalue weighted by atomic mass is 10.1. The van der Waals surface area contributed by atoms with Crippen LogP contribution in [0, 0.1) is 12.7 Å². The molecular formula is C23H30FN5O4. The van der Waals surface area contributed by atoms with E-state index in [0.29, 0.717) is 45.1 Å². The fourth-order valence-corrected chi connectivity index (χ4v) is 3.70. The summed E-state index contributed by atoms with van der Waals surface area (Å²) in [4.78, 5) is 32.5. The van der Waals surface area contributed by atoms with E-state index in [9.17, 15) is 14.0 Å². The van der Waals surface area contributed by atoms with Crippen molar-refractivity contribution in [2.75, 3.05) is 50.6 Å². The third-order valence-electron chi connectivity index (χ3n) is 5.28. The Morgan fingerprint density at radius 1 is 1.21 bits per heavy atom. The van der Waals surface area contributed by atoms with E-state index in [4.69, 9.17) is 9.47 Å². The van der Waals surface area contributed by atoms with Crippen LogP contribution in [0.3, 0.4) is 0 Å². The fourth-order valence-electron chi connectivity index (χ4n) is 3.70. The van der Waals surface area contributed by atoms with Crippen molar-refractivity contribution >= 4 is 23.5 Å². The summed E-state index contributed by atoms with van der Waals surface area (Å²) in [5.41, 5.74) is 2.27. The molecule has 0 bridgehead atoms. The Hall–Kier alpha value is -3.24. The molecule has 1 atom stereocenters. The van der Waals surface area contributed by atoms with Gasteiger partial charge in [-0.25, -0.2) is 14.0 Å². The van der Waals surface area contributed by atoms with E-state index in [1.54, 1.807) is 43.2 Å². The number of anilines is 2. The number of piperazine rings is 1. The number of methoxy groups -OCH3 is 1. The second kappa shape index (κ2) is 11.6. The Labute approximate surface area is 192 Å². The molecule has 2 heterocycles. The minimum atomic E-state index is -0.556. The lowest BCUT2D eigenvalue weighted by Gasteiger charge is -2.40. The number of benzene rings is 1. The Balaban J connectivity index is 1.62. The second-order valence-corrected chi connectivity index (χ2v) is 7.82. The van der Waals surface area contributed by atoms with Crippen LogP contribution in [0.5, 0.6) is 0 Å². The van der Waals surface area contributed by atoms with E-state index >= 15 is 0 Å². The molecule has 1 saturated heterocycles. The third kappa shape index (κ3) is 6.87. The van der Waals surface area contributed by atoms with Gasteiger partial charge in [0.05, 0.1) is 36.8 Å². The number of rotatable bonds is 7. The quantitative estimate of drug-likeness (QED) is 0.658. The molecule has 1 fully saturated rings. The van der Waals surface area contributed by atoms with Crippen molar-refractivity contribution in [2.24, 2.45) is 0 Å². The van der Waals surface area contributed by atoms with Gasteiger partial charge >= 0.3 is 12.1 Å². The predicted octanol–water partition coefficient (Wildman–Crippen LogP) is 3.46. The van der Waals surface area contributed by atoms with Crippen molar-refractivity contribution in [3.05, 3.63) is 53.6 Å². The number of amides is 3. The summed E-state index contributed by atoms with van der Waals surface area (Å²) in [7, 11) is 1.60. The van der Waals surface area contributed by atoms with Crippen molar-refractivity contribution in [1.29, 1.82) is 0 Å². The molecule has 0 saturated carbocycles. The first-order valence-corrected chi connectivity index (χ1v) is 10.8. The van der Waals surface area contributed by atoms with E-state index in [1.807, 2.05) is 6.92 Å².